The lowest BCUT2D eigenvalue weighted by molar-refractivity contribution is 0.397. The Morgan fingerprint density at radius 3 is 2.43 bits per heavy atom. The van der Waals surface area contributed by atoms with Crippen LogP contribution in [0.25, 0.3) is 0 Å². The molecular weight excluding hydrogens is 288 g/mol. The van der Waals surface area contributed by atoms with Crippen molar-refractivity contribution >= 4 is 5.96 Å². The SMILES string of the molecule is CN=C(NCc1ccc(OC)nc1)N(C)Cc1ccc(C)cc1. The Hall–Kier alpha value is -2.56. The van der Waals surface area contributed by atoms with Crippen LogP contribution in [0.5, 0.6) is 5.88 Å². The van der Waals surface area contributed by atoms with Crippen LogP contribution in [0.3, 0.4) is 0 Å². The van der Waals surface area contributed by atoms with E-state index in [9.17, 15) is 0 Å². The van der Waals surface area contributed by atoms with Crippen LogP contribution in [0, 0.1) is 6.92 Å². The molecule has 5 nitrogen and oxygen atoms in total. The van der Waals surface area contributed by atoms with E-state index in [2.05, 4.69) is 51.4 Å². The first kappa shape index (κ1) is 16.8. The maximum atomic E-state index is 5.07. The highest BCUT2D eigenvalue weighted by molar-refractivity contribution is 5.79. The van der Waals surface area contributed by atoms with Gasteiger partial charge in [0.15, 0.2) is 5.96 Å². The first-order valence-electron chi connectivity index (χ1n) is 7.58. The van der Waals surface area contributed by atoms with Crippen molar-refractivity contribution in [2.75, 3.05) is 21.2 Å². The van der Waals surface area contributed by atoms with E-state index >= 15 is 0 Å². The van der Waals surface area contributed by atoms with Crippen molar-refractivity contribution in [3.8, 4) is 5.88 Å². The van der Waals surface area contributed by atoms with Crippen molar-refractivity contribution < 1.29 is 4.74 Å². The van der Waals surface area contributed by atoms with Gasteiger partial charge in [-0.25, -0.2) is 4.98 Å². The zero-order valence-corrected chi connectivity index (χ0v) is 14.2. The van der Waals surface area contributed by atoms with Crippen LogP contribution < -0.4 is 10.1 Å². The van der Waals surface area contributed by atoms with Crippen molar-refractivity contribution in [1.82, 2.24) is 15.2 Å². The summed E-state index contributed by atoms with van der Waals surface area (Å²) >= 11 is 0. The highest BCUT2D eigenvalue weighted by atomic mass is 16.5. The van der Waals surface area contributed by atoms with Gasteiger partial charge in [0.25, 0.3) is 0 Å². The number of ether oxygens (including phenoxy) is 1. The third-order valence-corrected chi connectivity index (χ3v) is 3.57. The summed E-state index contributed by atoms with van der Waals surface area (Å²) in [6, 6.07) is 12.4. The van der Waals surface area contributed by atoms with E-state index in [1.54, 1.807) is 20.4 Å². The average molecular weight is 312 g/mol. The molecule has 0 unspecified atom stereocenters. The zero-order valence-electron chi connectivity index (χ0n) is 14.2. The van der Waals surface area contributed by atoms with E-state index in [0.717, 1.165) is 18.1 Å². The third kappa shape index (κ3) is 4.98. The van der Waals surface area contributed by atoms with E-state index < -0.39 is 0 Å². The number of aliphatic imine (C=N–C) groups is 1. The summed E-state index contributed by atoms with van der Waals surface area (Å²) in [4.78, 5) is 10.6. The number of nitrogens with one attached hydrogen (secondary N) is 1. The second-order valence-corrected chi connectivity index (χ2v) is 5.45. The van der Waals surface area contributed by atoms with E-state index in [-0.39, 0.29) is 0 Å². The molecule has 0 aliphatic rings. The van der Waals surface area contributed by atoms with Crippen LogP contribution in [0.4, 0.5) is 0 Å². The fraction of sp³-hybridized carbons (Fsp3) is 0.333. The molecule has 0 fully saturated rings. The standard InChI is InChI=1S/C18H24N4O/c1-14-5-7-15(8-6-14)13-22(3)18(19-2)21-12-16-9-10-17(23-4)20-11-16/h5-11H,12-13H2,1-4H3,(H,19,21). The molecule has 0 aliphatic heterocycles. The summed E-state index contributed by atoms with van der Waals surface area (Å²) in [7, 11) is 5.43. The van der Waals surface area contributed by atoms with Crippen LogP contribution in [-0.4, -0.2) is 37.0 Å². The van der Waals surface area contributed by atoms with Crippen molar-refractivity contribution in [3.63, 3.8) is 0 Å². The molecule has 2 aromatic rings. The summed E-state index contributed by atoms with van der Waals surface area (Å²) < 4.78 is 5.07. The Bertz CT molecular complexity index is 635. The van der Waals surface area contributed by atoms with E-state index in [1.807, 2.05) is 19.2 Å². The Morgan fingerprint density at radius 1 is 1.17 bits per heavy atom. The van der Waals surface area contributed by atoms with Gasteiger partial charge in [-0.2, -0.15) is 0 Å². The van der Waals surface area contributed by atoms with Crippen molar-refractivity contribution in [3.05, 3.63) is 59.3 Å². The van der Waals surface area contributed by atoms with Crippen LogP contribution in [0.1, 0.15) is 16.7 Å². The summed E-state index contributed by atoms with van der Waals surface area (Å²) in [6.07, 6.45) is 1.80. The number of methoxy groups -OCH3 is 1. The van der Waals surface area contributed by atoms with Gasteiger partial charge in [0.05, 0.1) is 7.11 Å². The number of aryl methyl sites for hydroxylation is 1. The Morgan fingerprint density at radius 2 is 1.87 bits per heavy atom. The van der Waals surface area contributed by atoms with Gasteiger partial charge in [-0.05, 0) is 18.1 Å². The molecule has 0 saturated carbocycles. The van der Waals surface area contributed by atoms with E-state index in [0.29, 0.717) is 12.4 Å². The van der Waals surface area contributed by atoms with Crippen LogP contribution >= 0.6 is 0 Å². The molecule has 0 radical (unpaired) electrons. The largest absolute Gasteiger partial charge is 0.481 e. The predicted octanol–water partition coefficient (Wildman–Crippen LogP) is 2.61. The molecule has 1 aromatic heterocycles. The zero-order chi connectivity index (χ0) is 16.7. The molecule has 1 aromatic carbocycles. The smallest absolute Gasteiger partial charge is 0.212 e. The molecule has 1 heterocycles. The van der Waals surface area contributed by atoms with Gasteiger partial charge in [0.2, 0.25) is 5.88 Å². The molecule has 23 heavy (non-hydrogen) atoms. The fourth-order valence-corrected chi connectivity index (χ4v) is 2.24. The second-order valence-electron chi connectivity index (χ2n) is 5.45. The van der Waals surface area contributed by atoms with Crippen molar-refractivity contribution in [2.45, 2.75) is 20.0 Å². The molecule has 0 aliphatic carbocycles. The first-order chi connectivity index (χ1) is 11.1. The lowest BCUT2D eigenvalue weighted by Gasteiger charge is -2.22. The highest BCUT2D eigenvalue weighted by Gasteiger charge is 2.07. The first-order valence-corrected chi connectivity index (χ1v) is 7.58. The van der Waals surface area contributed by atoms with Crippen LogP contribution in [0.2, 0.25) is 0 Å². The molecule has 5 heteroatoms. The predicted molar refractivity (Wildman–Crippen MR) is 93.6 cm³/mol. The summed E-state index contributed by atoms with van der Waals surface area (Å²) in [5, 5.41) is 3.35. The summed E-state index contributed by atoms with van der Waals surface area (Å²) in [5.74, 6) is 1.47. The molecule has 0 bridgehead atoms. The number of benzene rings is 1. The highest BCUT2D eigenvalue weighted by Crippen LogP contribution is 2.08. The lowest BCUT2D eigenvalue weighted by Crippen LogP contribution is -2.38. The number of aromatic nitrogens is 1. The minimum atomic E-state index is 0.620. The average Bonchev–Trinajstić information content (AvgIpc) is 2.58. The second kappa shape index (κ2) is 8.17. The number of rotatable bonds is 5. The minimum Gasteiger partial charge on any atom is -0.481 e. The van der Waals surface area contributed by atoms with Gasteiger partial charge in [-0.3, -0.25) is 4.99 Å². The third-order valence-electron chi connectivity index (χ3n) is 3.57. The Balaban J connectivity index is 1.92. The lowest BCUT2D eigenvalue weighted by atomic mass is 10.1. The van der Waals surface area contributed by atoms with Crippen LogP contribution in [0.15, 0.2) is 47.6 Å². The number of nitrogens with zero attached hydrogens (tertiary/aromatic N) is 3. The molecule has 0 atom stereocenters. The van der Waals surface area contributed by atoms with Crippen molar-refractivity contribution in [1.29, 1.82) is 0 Å². The Kier molecular flexibility index (Phi) is 5.97. The van der Waals surface area contributed by atoms with Gasteiger partial charge in [0, 0.05) is 39.4 Å². The van der Waals surface area contributed by atoms with Gasteiger partial charge in [0.1, 0.15) is 0 Å². The van der Waals surface area contributed by atoms with Gasteiger partial charge in [-0.1, -0.05) is 35.9 Å². The quantitative estimate of drug-likeness (QED) is 0.681. The van der Waals surface area contributed by atoms with Crippen molar-refractivity contribution in [2.24, 2.45) is 4.99 Å². The Labute approximate surface area is 138 Å². The molecule has 122 valence electrons. The topological polar surface area (TPSA) is 49.8 Å². The number of hydrogen-bond acceptors (Lipinski definition) is 3. The molecular formula is C18H24N4O. The maximum absolute atomic E-state index is 5.07. The molecule has 0 saturated heterocycles. The normalized spacial score (nSPS) is 11.2. The van der Waals surface area contributed by atoms with Gasteiger partial charge in [-0.15, -0.1) is 0 Å². The molecule has 1 N–H and O–H groups in total. The maximum Gasteiger partial charge on any atom is 0.212 e. The summed E-state index contributed by atoms with van der Waals surface area (Å²) in [6.45, 7) is 3.57. The molecule has 2 rings (SSSR count). The molecule has 0 amide bonds. The summed E-state index contributed by atoms with van der Waals surface area (Å²) in [5.41, 5.74) is 3.61. The van der Waals surface area contributed by atoms with Gasteiger partial charge < -0.3 is 15.0 Å². The fourth-order valence-electron chi connectivity index (χ4n) is 2.24. The number of pyridine rings is 1. The van der Waals surface area contributed by atoms with Crippen LogP contribution in [-0.2, 0) is 13.1 Å². The monoisotopic (exact) mass is 312 g/mol. The number of hydrogen-bond donors (Lipinski definition) is 1. The molecule has 0 spiro atoms. The number of guanidine groups is 1. The minimum absolute atomic E-state index is 0.620. The van der Waals surface area contributed by atoms with E-state index in [4.69, 9.17) is 4.74 Å². The van der Waals surface area contributed by atoms with E-state index in [1.165, 1.54) is 11.1 Å². The van der Waals surface area contributed by atoms with Gasteiger partial charge >= 0.3 is 0 Å².